The summed E-state index contributed by atoms with van der Waals surface area (Å²) >= 11 is 0. The molecule has 1 aliphatic rings. The number of nitrogens with zero attached hydrogens (tertiary/aromatic N) is 2. The van der Waals surface area contributed by atoms with Crippen molar-refractivity contribution in [1.82, 2.24) is 0 Å². The number of ketones is 1. The topological polar surface area (TPSA) is 61.2 Å². The van der Waals surface area contributed by atoms with E-state index in [1.54, 1.807) is 18.2 Å². The maximum atomic E-state index is 11.5. The average molecular weight is 214 g/mol. The zero-order valence-electron chi connectivity index (χ0n) is 8.64. The number of hydrogen-bond donors (Lipinski definition) is 0. The SMILES string of the molecule is N#CCc1cccc(N2CC(=O)CC2=O)c1. The van der Waals surface area contributed by atoms with E-state index in [0.29, 0.717) is 12.1 Å². The van der Waals surface area contributed by atoms with E-state index < -0.39 is 0 Å². The second-order valence-electron chi connectivity index (χ2n) is 3.70. The molecule has 0 radical (unpaired) electrons. The van der Waals surface area contributed by atoms with Gasteiger partial charge in [-0.25, -0.2) is 0 Å². The normalized spacial score (nSPS) is 15.3. The monoisotopic (exact) mass is 214 g/mol. The van der Waals surface area contributed by atoms with Crippen molar-refractivity contribution in [3.8, 4) is 6.07 Å². The van der Waals surface area contributed by atoms with E-state index in [2.05, 4.69) is 6.07 Å². The van der Waals surface area contributed by atoms with E-state index in [-0.39, 0.29) is 24.7 Å². The molecule has 0 saturated carbocycles. The lowest BCUT2D eigenvalue weighted by Crippen LogP contribution is -2.24. The lowest BCUT2D eigenvalue weighted by atomic mass is 10.1. The van der Waals surface area contributed by atoms with Gasteiger partial charge in [0.15, 0.2) is 5.78 Å². The maximum Gasteiger partial charge on any atom is 0.234 e. The fourth-order valence-corrected chi connectivity index (χ4v) is 1.75. The first-order valence-electron chi connectivity index (χ1n) is 4.98. The molecule has 0 bridgehead atoms. The number of anilines is 1. The van der Waals surface area contributed by atoms with Crippen LogP contribution in [0.5, 0.6) is 0 Å². The average Bonchev–Trinajstić information content (AvgIpc) is 2.59. The second kappa shape index (κ2) is 4.15. The summed E-state index contributed by atoms with van der Waals surface area (Å²) in [5.41, 5.74) is 1.55. The van der Waals surface area contributed by atoms with Crippen molar-refractivity contribution in [1.29, 1.82) is 5.26 Å². The molecule has 0 unspecified atom stereocenters. The molecule has 1 aliphatic heterocycles. The summed E-state index contributed by atoms with van der Waals surface area (Å²) in [6.07, 6.45) is 0.298. The first-order valence-corrected chi connectivity index (χ1v) is 4.98. The second-order valence-corrected chi connectivity index (χ2v) is 3.70. The molecule has 1 amide bonds. The largest absolute Gasteiger partial charge is 0.305 e. The highest BCUT2D eigenvalue weighted by molar-refractivity contribution is 6.15. The van der Waals surface area contributed by atoms with Gasteiger partial charge in [-0.2, -0.15) is 5.26 Å². The van der Waals surface area contributed by atoms with E-state index in [1.165, 1.54) is 4.90 Å². The Bertz CT molecular complexity index is 488. The van der Waals surface area contributed by atoms with Crippen molar-refractivity contribution < 1.29 is 9.59 Å². The predicted molar refractivity (Wildman–Crippen MR) is 57.7 cm³/mol. The van der Waals surface area contributed by atoms with Crippen LogP contribution in [0.4, 0.5) is 5.69 Å². The van der Waals surface area contributed by atoms with Gasteiger partial charge in [0, 0.05) is 5.69 Å². The quantitative estimate of drug-likeness (QED) is 0.691. The maximum absolute atomic E-state index is 11.5. The Labute approximate surface area is 93.1 Å². The Kier molecular flexibility index (Phi) is 2.69. The van der Waals surface area contributed by atoms with Gasteiger partial charge >= 0.3 is 0 Å². The van der Waals surface area contributed by atoms with Crippen LogP contribution in [0.3, 0.4) is 0 Å². The Balaban J connectivity index is 2.27. The highest BCUT2D eigenvalue weighted by Crippen LogP contribution is 2.20. The Hall–Kier alpha value is -2.15. The molecular formula is C12H10N2O2. The van der Waals surface area contributed by atoms with Crippen molar-refractivity contribution in [2.75, 3.05) is 11.4 Å². The first kappa shape index (κ1) is 10.4. The molecule has 1 aromatic rings. The number of carbonyl (C=O) groups excluding carboxylic acids is 2. The number of Topliss-reactive ketones (excluding diaryl/α,β-unsaturated/α-hetero) is 1. The summed E-state index contributed by atoms with van der Waals surface area (Å²) in [6.45, 7) is 0.148. The number of rotatable bonds is 2. The number of amides is 1. The number of benzene rings is 1. The molecule has 1 heterocycles. The number of carbonyl (C=O) groups is 2. The predicted octanol–water partition coefficient (Wildman–Crippen LogP) is 1.06. The molecule has 4 nitrogen and oxygen atoms in total. The van der Waals surface area contributed by atoms with Crippen LogP contribution in [0, 0.1) is 11.3 Å². The Morgan fingerprint density at radius 3 is 2.81 bits per heavy atom. The standard InChI is InChI=1S/C12H10N2O2/c13-5-4-9-2-1-3-10(6-9)14-8-11(15)7-12(14)16/h1-3,6H,4,7-8H2. The van der Waals surface area contributed by atoms with Gasteiger partial charge in [0.1, 0.15) is 0 Å². The van der Waals surface area contributed by atoms with Gasteiger partial charge in [0.2, 0.25) is 5.91 Å². The third-order valence-corrected chi connectivity index (χ3v) is 2.49. The van der Waals surface area contributed by atoms with Crippen LogP contribution >= 0.6 is 0 Å². The van der Waals surface area contributed by atoms with Crippen molar-refractivity contribution in [2.45, 2.75) is 12.8 Å². The van der Waals surface area contributed by atoms with Gasteiger partial charge in [-0.05, 0) is 17.7 Å². The van der Waals surface area contributed by atoms with Gasteiger partial charge in [0.25, 0.3) is 0 Å². The highest BCUT2D eigenvalue weighted by atomic mass is 16.2. The van der Waals surface area contributed by atoms with Gasteiger partial charge in [-0.1, -0.05) is 12.1 Å². The van der Waals surface area contributed by atoms with Crippen LogP contribution in [0.15, 0.2) is 24.3 Å². The molecular weight excluding hydrogens is 204 g/mol. The smallest absolute Gasteiger partial charge is 0.234 e. The summed E-state index contributed by atoms with van der Waals surface area (Å²) < 4.78 is 0. The molecule has 2 rings (SSSR count). The molecule has 1 aromatic carbocycles. The van der Waals surface area contributed by atoms with Crippen molar-refractivity contribution in [2.24, 2.45) is 0 Å². The van der Waals surface area contributed by atoms with Crippen LogP contribution in [-0.2, 0) is 16.0 Å². The zero-order chi connectivity index (χ0) is 11.5. The minimum absolute atomic E-state index is 0.0114. The lowest BCUT2D eigenvalue weighted by molar-refractivity contribution is -0.121. The Morgan fingerprint density at radius 1 is 1.38 bits per heavy atom. The van der Waals surface area contributed by atoms with E-state index in [0.717, 1.165) is 5.56 Å². The molecule has 0 aromatic heterocycles. The molecule has 0 N–H and O–H groups in total. The number of nitriles is 1. The third kappa shape index (κ3) is 1.94. The fourth-order valence-electron chi connectivity index (χ4n) is 1.75. The van der Waals surface area contributed by atoms with E-state index >= 15 is 0 Å². The fraction of sp³-hybridized carbons (Fsp3) is 0.250. The summed E-state index contributed by atoms with van der Waals surface area (Å²) in [4.78, 5) is 24.1. The van der Waals surface area contributed by atoms with E-state index in [4.69, 9.17) is 5.26 Å². The van der Waals surface area contributed by atoms with E-state index in [9.17, 15) is 9.59 Å². The first-order chi connectivity index (χ1) is 7.70. The molecule has 80 valence electrons. The van der Waals surface area contributed by atoms with Crippen LogP contribution in [0.2, 0.25) is 0 Å². The van der Waals surface area contributed by atoms with Crippen LogP contribution < -0.4 is 4.90 Å². The molecule has 1 saturated heterocycles. The van der Waals surface area contributed by atoms with Crippen LogP contribution in [0.25, 0.3) is 0 Å². The van der Waals surface area contributed by atoms with E-state index in [1.807, 2.05) is 6.07 Å². The van der Waals surface area contributed by atoms with Gasteiger partial charge < -0.3 is 4.90 Å². The lowest BCUT2D eigenvalue weighted by Gasteiger charge is -2.15. The molecule has 0 spiro atoms. The molecule has 4 heteroatoms. The third-order valence-electron chi connectivity index (χ3n) is 2.49. The highest BCUT2D eigenvalue weighted by Gasteiger charge is 2.28. The summed E-state index contributed by atoms with van der Waals surface area (Å²) in [5.74, 6) is -0.227. The van der Waals surface area contributed by atoms with Gasteiger partial charge in [-0.3, -0.25) is 9.59 Å². The molecule has 0 atom stereocenters. The molecule has 16 heavy (non-hydrogen) atoms. The molecule has 1 fully saturated rings. The van der Waals surface area contributed by atoms with Gasteiger partial charge in [-0.15, -0.1) is 0 Å². The van der Waals surface area contributed by atoms with Crippen molar-refractivity contribution in [3.63, 3.8) is 0 Å². The summed E-state index contributed by atoms with van der Waals surface area (Å²) in [5, 5.41) is 8.59. The van der Waals surface area contributed by atoms with Gasteiger partial charge in [0.05, 0.1) is 25.5 Å². The summed E-state index contributed by atoms with van der Waals surface area (Å²) in [7, 11) is 0. The van der Waals surface area contributed by atoms with Crippen molar-refractivity contribution in [3.05, 3.63) is 29.8 Å². The summed E-state index contributed by atoms with van der Waals surface area (Å²) in [6, 6.07) is 9.22. The van der Waals surface area contributed by atoms with Crippen LogP contribution in [-0.4, -0.2) is 18.2 Å². The molecule has 0 aliphatic carbocycles. The minimum atomic E-state index is -0.167. The number of hydrogen-bond acceptors (Lipinski definition) is 3. The minimum Gasteiger partial charge on any atom is -0.305 e. The zero-order valence-corrected chi connectivity index (χ0v) is 8.64. The van der Waals surface area contributed by atoms with Crippen LogP contribution in [0.1, 0.15) is 12.0 Å². The van der Waals surface area contributed by atoms with Crippen molar-refractivity contribution >= 4 is 17.4 Å². The Morgan fingerprint density at radius 2 is 2.19 bits per heavy atom.